The van der Waals surface area contributed by atoms with Crippen molar-refractivity contribution in [3.63, 3.8) is 0 Å². The van der Waals surface area contributed by atoms with E-state index in [2.05, 4.69) is 0 Å². The van der Waals surface area contributed by atoms with Crippen molar-refractivity contribution in [2.45, 2.75) is 32.0 Å². The van der Waals surface area contributed by atoms with Gasteiger partial charge in [-0.2, -0.15) is 0 Å². The molecule has 0 saturated heterocycles. The minimum absolute atomic E-state index is 0.00301. The van der Waals surface area contributed by atoms with Crippen LogP contribution in [0.2, 0.25) is 0 Å². The minimum atomic E-state index is -0.468. The molecule has 6 heteroatoms. The number of benzene rings is 2. The van der Waals surface area contributed by atoms with Crippen molar-refractivity contribution in [1.29, 1.82) is 0 Å². The average Bonchev–Trinajstić information content (AvgIpc) is 3.14. The van der Waals surface area contributed by atoms with E-state index >= 15 is 0 Å². The average molecular weight is 380 g/mol. The number of methoxy groups -OCH3 is 1. The first-order chi connectivity index (χ1) is 13.4. The fraction of sp³-hybridized carbons (Fsp3) is 0.318. The number of ketones is 1. The molecule has 0 radical (unpaired) electrons. The predicted molar refractivity (Wildman–Crippen MR) is 102 cm³/mol. The molecule has 0 unspecified atom stereocenters. The molecular formula is C22H20O6. The van der Waals surface area contributed by atoms with E-state index in [0.29, 0.717) is 34.3 Å². The topological polar surface area (TPSA) is 63.2 Å². The molecule has 0 aliphatic carbocycles. The summed E-state index contributed by atoms with van der Waals surface area (Å²) in [6.45, 7) is 4.14. The highest BCUT2D eigenvalue weighted by Gasteiger charge is 2.35. The van der Waals surface area contributed by atoms with Gasteiger partial charge in [-0.3, -0.25) is 4.79 Å². The number of carbonyl (C=O) groups excluding carboxylic acids is 1. The van der Waals surface area contributed by atoms with Gasteiger partial charge in [-0.25, -0.2) is 0 Å². The molecule has 2 aromatic carbocycles. The molecule has 144 valence electrons. The third-order valence-electron chi connectivity index (χ3n) is 5.17. The maximum Gasteiger partial charge on any atom is 0.231 e. The highest BCUT2D eigenvalue weighted by Crippen LogP contribution is 2.49. The van der Waals surface area contributed by atoms with Crippen LogP contribution in [0.4, 0.5) is 0 Å². The lowest BCUT2D eigenvalue weighted by Crippen LogP contribution is -2.29. The van der Waals surface area contributed by atoms with Crippen LogP contribution >= 0.6 is 0 Å². The van der Waals surface area contributed by atoms with Gasteiger partial charge < -0.3 is 23.7 Å². The molecule has 0 aromatic heterocycles. The molecule has 0 N–H and O–H groups in total. The van der Waals surface area contributed by atoms with E-state index < -0.39 is 11.7 Å². The van der Waals surface area contributed by atoms with Gasteiger partial charge in [0.1, 0.15) is 17.5 Å². The molecule has 5 rings (SSSR count). The molecule has 0 fully saturated rings. The Hall–Kier alpha value is -3.15. The highest BCUT2D eigenvalue weighted by molar-refractivity contribution is 6.02. The fourth-order valence-corrected chi connectivity index (χ4v) is 3.73. The van der Waals surface area contributed by atoms with Gasteiger partial charge in [0.2, 0.25) is 6.79 Å². The summed E-state index contributed by atoms with van der Waals surface area (Å²) in [7, 11) is 1.57. The predicted octanol–water partition coefficient (Wildman–Crippen LogP) is 4.31. The van der Waals surface area contributed by atoms with E-state index in [9.17, 15) is 4.79 Å². The second-order valence-corrected chi connectivity index (χ2v) is 7.58. The van der Waals surface area contributed by atoms with Crippen molar-refractivity contribution in [2.24, 2.45) is 0 Å². The smallest absolute Gasteiger partial charge is 0.231 e. The van der Waals surface area contributed by atoms with E-state index in [1.165, 1.54) is 0 Å². The Morgan fingerprint density at radius 1 is 1.11 bits per heavy atom. The van der Waals surface area contributed by atoms with Crippen molar-refractivity contribution in [3.05, 3.63) is 47.0 Å². The quantitative estimate of drug-likeness (QED) is 0.773. The Bertz CT molecular complexity index is 1020. The van der Waals surface area contributed by atoms with Crippen LogP contribution in [0.3, 0.4) is 0 Å². The number of hydrogen-bond donors (Lipinski definition) is 0. The van der Waals surface area contributed by atoms with Gasteiger partial charge in [0.15, 0.2) is 28.8 Å². The Morgan fingerprint density at radius 3 is 2.75 bits per heavy atom. The van der Waals surface area contributed by atoms with Gasteiger partial charge >= 0.3 is 0 Å². The monoisotopic (exact) mass is 380 g/mol. The lowest BCUT2D eigenvalue weighted by Gasteiger charge is -2.33. The van der Waals surface area contributed by atoms with Gasteiger partial charge in [0.05, 0.1) is 24.7 Å². The van der Waals surface area contributed by atoms with Crippen molar-refractivity contribution < 1.29 is 28.5 Å². The summed E-state index contributed by atoms with van der Waals surface area (Å²) in [5, 5.41) is 0. The number of fused-ring (bicyclic) bond motifs is 4. The van der Waals surface area contributed by atoms with Gasteiger partial charge in [-0.05, 0) is 49.8 Å². The summed E-state index contributed by atoms with van der Waals surface area (Å²) in [4.78, 5) is 12.9. The summed E-state index contributed by atoms with van der Waals surface area (Å²) in [6.07, 6.45) is 3.73. The van der Waals surface area contributed by atoms with E-state index in [1.807, 2.05) is 44.2 Å². The van der Waals surface area contributed by atoms with Gasteiger partial charge in [-0.1, -0.05) is 6.07 Å². The lowest BCUT2D eigenvalue weighted by molar-refractivity contribution is 0.0844. The second-order valence-electron chi connectivity index (χ2n) is 7.58. The van der Waals surface area contributed by atoms with Crippen LogP contribution in [0, 0.1) is 0 Å². The van der Waals surface area contributed by atoms with Crippen molar-refractivity contribution >= 4 is 11.9 Å². The van der Waals surface area contributed by atoms with Crippen LogP contribution < -0.4 is 23.7 Å². The second kappa shape index (κ2) is 5.92. The van der Waals surface area contributed by atoms with Crippen LogP contribution in [-0.2, 0) is 0 Å². The minimum Gasteiger partial charge on any atom is -0.493 e. The first-order valence-electron chi connectivity index (χ1n) is 9.18. The number of hydrogen-bond acceptors (Lipinski definition) is 6. The molecule has 6 nitrogen and oxygen atoms in total. The Labute approximate surface area is 162 Å². The molecule has 0 bridgehead atoms. The van der Waals surface area contributed by atoms with Gasteiger partial charge in [0, 0.05) is 0 Å². The van der Waals surface area contributed by atoms with E-state index in [1.54, 1.807) is 13.2 Å². The first-order valence-corrected chi connectivity index (χ1v) is 9.18. The standard InChI is InChI=1S/C22H20O6/c1-22(2)7-6-13-20-14(9-19(24-3)21(13)28-22)15(23)10-17(27-20)12-4-5-16-18(8-12)26-11-25-16/h4-9,17H,10-11H2,1-3H3/t17-/m0/s1. The molecule has 0 saturated carbocycles. The van der Waals surface area contributed by atoms with Crippen LogP contribution in [0.1, 0.15) is 47.9 Å². The molecule has 3 heterocycles. The Kier molecular flexibility index (Phi) is 3.59. The molecule has 3 aliphatic heterocycles. The zero-order chi connectivity index (χ0) is 19.5. The molecule has 3 aliphatic rings. The summed E-state index contributed by atoms with van der Waals surface area (Å²) < 4.78 is 28.7. The molecule has 2 aromatic rings. The third kappa shape index (κ3) is 2.59. The van der Waals surface area contributed by atoms with Crippen LogP contribution in [0.5, 0.6) is 28.7 Å². The van der Waals surface area contributed by atoms with Gasteiger partial charge in [0.25, 0.3) is 0 Å². The summed E-state index contributed by atoms with van der Waals surface area (Å²) in [5.41, 5.74) is 1.64. The molecular weight excluding hydrogens is 360 g/mol. The summed E-state index contributed by atoms with van der Waals surface area (Å²) >= 11 is 0. The SMILES string of the molecule is COc1cc2c(c3c1OC(C)(C)C=C3)O[C@H](c1ccc3c(c1)OCO3)CC2=O. The zero-order valence-electron chi connectivity index (χ0n) is 15.9. The third-order valence-corrected chi connectivity index (χ3v) is 5.17. The van der Waals surface area contributed by atoms with E-state index in [0.717, 1.165) is 11.1 Å². The van der Waals surface area contributed by atoms with Crippen LogP contribution in [-0.4, -0.2) is 25.3 Å². The number of rotatable bonds is 2. The first kappa shape index (κ1) is 17.0. The zero-order valence-corrected chi connectivity index (χ0v) is 15.9. The summed E-state index contributed by atoms with van der Waals surface area (Å²) in [6, 6.07) is 7.33. The molecule has 28 heavy (non-hydrogen) atoms. The molecule has 0 spiro atoms. The molecule has 0 amide bonds. The largest absolute Gasteiger partial charge is 0.493 e. The number of carbonyl (C=O) groups is 1. The van der Waals surface area contributed by atoms with Gasteiger partial charge in [-0.15, -0.1) is 0 Å². The van der Waals surface area contributed by atoms with E-state index in [-0.39, 0.29) is 19.0 Å². The number of Topliss-reactive ketones (excluding diaryl/α,β-unsaturated/α-hetero) is 1. The van der Waals surface area contributed by atoms with Crippen LogP contribution in [0.25, 0.3) is 6.08 Å². The Balaban J connectivity index is 1.59. The highest BCUT2D eigenvalue weighted by atomic mass is 16.7. The normalized spacial score (nSPS) is 20.7. The van der Waals surface area contributed by atoms with Crippen molar-refractivity contribution in [2.75, 3.05) is 13.9 Å². The maximum absolute atomic E-state index is 12.9. The van der Waals surface area contributed by atoms with Crippen LogP contribution in [0.15, 0.2) is 30.3 Å². The summed E-state index contributed by atoms with van der Waals surface area (Å²) in [5.74, 6) is 3.02. The number of ether oxygens (including phenoxy) is 5. The maximum atomic E-state index is 12.9. The molecule has 1 atom stereocenters. The Morgan fingerprint density at radius 2 is 1.93 bits per heavy atom. The fourth-order valence-electron chi connectivity index (χ4n) is 3.73. The lowest BCUT2D eigenvalue weighted by atomic mass is 9.92. The van der Waals surface area contributed by atoms with E-state index in [4.69, 9.17) is 23.7 Å². The van der Waals surface area contributed by atoms with Crippen molar-refractivity contribution in [3.8, 4) is 28.7 Å². The van der Waals surface area contributed by atoms with Crippen molar-refractivity contribution in [1.82, 2.24) is 0 Å².